The summed E-state index contributed by atoms with van der Waals surface area (Å²) in [5.41, 5.74) is 3.74. The maximum atomic E-state index is 13.6. The van der Waals surface area contributed by atoms with Gasteiger partial charge in [0.15, 0.2) is 0 Å². The van der Waals surface area contributed by atoms with Gasteiger partial charge in [0.05, 0.1) is 11.7 Å². The number of ether oxygens (including phenoxy) is 1. The van der Waals surface area contributed by atoms with E-state index in [1.165, 1.54) is 4.90 Å². The second-order valence-electron chi connectivity index (χ2n) is 8.75. The number of hydrogen-bond acceptors (Lipinski definition) is 4. The number of likely N-dealkylation sites (N-methyl/N-ethyl adjacent to an activating group) is 1. The SMILES string of the molecule is CC(C)Oc1ccc(C2=C(N(C)Cc3ccccc3)C(=O)N(CCc3ccccc3)C2=O)cc1. The standard InChI is InChI=1S/C29H30N2O3/c1-21(2)34-25-16-14-24(15-17-25)26-27(30(3)20-23-12-8-5-9-13-23)29(33)31(28(26)32)19-18-22-10-6-4-7-11-22/h4-17,21H,18-20H2,1-3H3. The summed E-state index contributed by atoms with van der Waals surface area (Å²) in [4.78, 5) is 30.4. The summed E-state index contributed by atoms with van der Waals surface area (Å²) in [6.07, 6.45) is 0.670. The van der Waals surface area contributed by atoms with E-state index in [1.807, 2.05) is 111 Å². The molecule has 0 radical (unpaired) electrons. The van der Waals surface area contributed by atoms with Crippen molar-refractivity contribution in [2.45, 2.75) is 32.9 Å². The van der Waals surface area contributed by atoms with Gasteiger partial charge in [-0.3, -0.25) is 14.5 Å². The Morgan fingerprint density at radius 1 is 0.794 bits per heavy atom. The fraction of sp³-hybridized carbons (Fsp3) is 0.241. The minimum absolute atomic E-state index is 0.0563. The van der Waals surface area contributed by atoms with E-state index < -0.39 is 0 Å². The highest BCUT2D eigenvalue weighted by Gasteiger charge is 2.40. The topological polar surface area (TPSA) is 49.9 Å². The van der Waals surface area contributed by atoms with Crippen LogP contribution >= 0.6 is 0 Å². The van der Waals surface area contributed by atoms with Gasteiger partial charge in [0.1, 0.15) is 11.4 Å². The quantitative estimate of drug-likeness (QED) is 0.430. The van der Waals surface area contributed by atoms with Gasteiger partial charge in [0, 0.05) is 20.1 Å². The van der Waals surface area contributed by atoms with Crippen LogP contribution in [0.3, 0.4) is 0 Å². The first-order valence-corrected chi connectivity index (χ1v) is 11.6. The molecule has 4 rings (SSSR count). The van der Waals surface area contributed by atoms with Crippen LogP contribution < -0.4 is 4.74 Å². The van der Waals surface area contributed by atoms with Crippen molar-refractivity contribution in [1.82, 2.24) is 9.80 Å². The van der Waals surface area contributed by atoms with E-state index in [0.717, 1.165) is 16.9 Å². The smallest absolute Gasteiger partial charge is 0.277 e. The molecule has 5 heteroatoms. The van der Waals surface area contributed by atoms with Crippen LogP contribution in [0.25, 0.3) is 5.57 Å². The third-order valence-corrected chi connectivity index (χ3v) is 5.77. The molecule has 0 aliphatic carbocycles. The maximum Gasteiger partial charge on any atom is 0.277 e. The van der Waals surface area contributed by atoms with Crippen molar-refractivity contribution in [1.29, 1.82) is 0 Å². The average Bonchev–Trinajstić information content (AvgIpc) is 3.08. The average molecular weight is 455 g/mol. The van der Waals surface area contributed by atoms with E-state index >= 15 is 0 Å². The molecule has 1 aliphatic heterocycles. The molecule has 34 heavy (non-hydrogen) atoms. The number of hydrogen-bond donors (Lipinski definition) is 0. The molecule has 0 N–H and O–H groups in total. The van der Waals surface area contributed by atoms with Gasteiger partial charge in [-0.1, -0.05) is 72.8 Å². The van der Waals surface area contributed by atoms with Crippen LogP contribution in [0, 0.1) is 0 Å². The lowest BCUT2D eigenvalue weighted by Crippen LogP contribution is -2.35. The summed E-state index contributed by atoms with van der Waals surface area (Å²) < 4.78 is 5.75. The summed E-state index contributed by atoms with van der Waals surface area (Å²) >= 11 is 0. The molecule has 3 aromatic carbocycles. The number of imide groups is 1. The van der Waals surface area contributed by atoms with Crippen LogP contribution in [0.5, 0.6) is 5.75 Å². The number of carbonyl (C=O) groups excluding carboxylic acids is 2. The first-order chi connectivity index (χ1) is 16.4. The second-order valence-corrected chi connectivity index (χ2v) is 8.75. The Labute approximate surface area is 201 Å². The Kier molecular flexibility index (Phi) is 7.12. The first kappa shape index (κ1) is 23.3. The van der Waals surface area contributed by atoms with Crippen molar-refractivity contribution in [3.05, 3.63) is 107 Å². The highest BCUT2D eigenvalue weighted by atomic mass is 16.5. The van der Waals surface area contributed by atoms with Gasteiger partial charge in [-0.05, 0) is 49.1 Å². The number of amides is 2. The van der Waals surface area contributed by atoms with Gasteiger partial charge in [-0.15, -0.1) is 0 Å². The van der Waals surface area contributed by atoms with Crippen molar-refractivity contribution in [2.75, 3.05) is 13.6 Å². The molecular weight excluding hydrogens is 424 g/mol. The molecule has 1 heterocycles. The molecular formula is C29H30N2O3. The summed E-state index contributed by atoms with van der Waals surface area (Å²) in [5.74, 6) is 0.224. The zero-order valence-electron chi connectivity index (χ0n) is 19.9. The van der Waals surface area contributed by atoms with Gasteiger partial charge >= 0.3 is 0 Å². The van der Waals surface area contributed by atoms with E-state index in [2.05, 4.69) is 0 Å². The molecule has 2 amide bonds. The normalized spacial score (nSPS) is 13.7. The van der Waals surface area contributed by atoms with Gasteiger partial charge in [-0.25, -0.2) is 0 Å². The molecule has 0 saturated carbocycles. The molecule has 1 aliphatic rings. The second kappa shape index (κ2) is 10.4. The Morgan fingerprint density at radius 2 is 1.38 bits per heavy atom. The third kappa shape index (κ3) is 5.20. The van der Waals surface area contributed by atoms with Crippen molar-refractivity contribution in [2.24, 2.45) is 0 Å². The van der Waals surface area contributed by atoms with Crippen LogP contribution in [0.15, 0.2) is 90.6 Å². The molecule has 0 spiro atoms. The number of carbonyl (C=O) groups is 2. The molecule has 0 saturated heterocycles. The van der Waals surface area contributed by atoms with Gasteiger partial charge in [-0.2, -0.15) is 0 Å². The Balaban J connectivity index is 1.65. The number of rotatable bonds is 9. The lowest BCUT2D eigenvalue weighted by Gasteiger charge is -2.21. The monoisotopic (exact) mass is 454 g/mol. The van der Waals surface area contributed by atoms with Crippen LogP contribution in [0.4, 0.5) is 0 Å². The lowest BCUT2D eigenvalue weighted by atomic mass is 10.0. The lowest BCUT2D eigenvalue weighted by molar-refractivity contribution is -0.137. The fourth-order valence-electron chi connectivity index (χ4n) is 4.17. The molecule has 0 atom stereocenters. The first-order valence-electron chi connectivity index (χ1n) is 11.6. The Morgan fingerprint density at radius 3 is 1.97 bits per heavy atom. The van der Waals surface area contributed by atoms with Gasteiger partial charge < -0.3 is 9.64 Å². The fourth-order valence-corrected chi connectivity index (χ4v) is 4.17. The van der Waals surface area contributed by atoms with Crippen molar-refractivity contribution < 1.29 is 14.3 Å². The molecule has 0 unspecified atom stereocenters. The summed E-state index contributed by atoms with van der Waals surface area (Å²) in [7, 11) is 1.87. The van der Waals surface area contributed by atoms with Crippen molar-refractivity contribution >= 4 is 17.4 Å². The van der Waals surface area contributed by atoms with Crippen LogP contribution in [0.2, 0.25) is 0 Å². The zero-order valence-corrected chi connectivity index (χ0v) is 19.9. The number of benzene rings is 3. The van der Waals surface area contributed by atoms with Crippen molar-refractivity contribution in [3.8, 4) is 5.75 Å². The molecule has 5 nitrogen and oxygen atoms in total. The molecule has 0 fully saturated rings. The minimum Gasteiger partial charge on any atom is -0.491 e. The largest absolute Gasteiger partial charge is 0.491 e. The molecule has 174 valence electrons. The highest BCUT2D eigenvalue weighted by Crippen LogP contribution is 2.33. The predicted molar refractivity (Wildman–Crippen MR) is 134 cm³/mol. The van der Waals surface area contributed by atoms with Crippen LogP contribution in [-0.4, -0.2) is 41.3 Å². The highest BCUT2D eigenvalue weighted by molar-refractivity contribution is 6.35. The molecule has 0 bridgehead atoms. The van der Waals surface area contributed by atoms with Gasteiger partial charge in [0.2, 0.25) is 0 Å². The van der Waals surface area contributed by atoms with E-state index in [4.69, 9.17) is 4.74 Å². The van der Waals surface area contributed by atoms with Crippen LogP contribution in [0.1, 0.15) is 30.5 Å². The third-order valence-electron chi connectivity index (χ3n) is 5.77. The van der Waals surface area contributed by atoms with E-state index in [9.17, 15) is 9.59 Å². The predicted octanol–water partition coefficient (Wildman–Crippen LogP) is 4.93. The Hall–Kier alpha value is -3.86. The summed E-state index contributed by atoms with van der Waals surface area (Å²) in [6.45, 7) is 4.80. The minimum atomic E-state index is -0.256. The molecule has 0 aromatic heterocycles. The van der Waals surface area contributed by atoms with Crippen LogP contribution in [-0.2, 0) is 22.6 Å². The molecule has 3 aromatic rings. The van der Waals surface area contributed by atoms with Crippen molar-refractivity contribution in [3.63, 3.8) is 0 Å². The van der Waals surface area contributed by atoms with E-state index in [-0.39, 0.29) is 17.9 Å². The van der Waals surface area contributed by atoms with E-state index in [0.29, 0.717) is 36.3 Å². The summed E-state index contributed by atoms with van der Waals surface area (Å²) in [5, 5.41) is 0. The zero-order chi connectivity index (χ0) is 24.1. The summed E-state index contributed by atoms with van der Waals surface area (Å²) in [6, 6.07) is 27.3. The number of nitrogens with zero attached hydrogens (tertiary/aromatic N) is 2. The maximum absolute atomic E-state index is 13.6. The van der Waals surface area contributed by atoms with Gasteiger partial charge in [0.25, 0.3) is 11.8 Å². The Bertz CT molecular complexity index is 1170. The van der Waals surface area contributed by atoms with E-state index in [1.54, 1.807) is 0 Å².